The zero-order chi connectivity index (χ0) is 15.6. The van der Waals surface area contributed by atoms with E-state index in [0.29, 0.717) is 25.6 Å². The van der Waals surface area contributed by atoms with Crippen LogP contribution in [0.5, 0.6) is 0 Å². The lowest BCUT2D eigenvalue weighted by Crippen LogP contribution is -2.55. The lowest BCUT2D eigenvalue weighted by atomic mass is 10.2. The molecule has 1 atom stereocenters. The summed E-state index contributed by atoms with van der Waals surface area (Å²) in [4.78, 5) is 23.7. The molecule has 2 rings (SSSR count). The Hall–Kier alpha value is -1.92. The number of piperazine rings is 1. The maximum atomic E-state index is 12.9. The Morgan fingerprint density at radius 2 is 1.95 bits per heavy atom. The zero-order valence-corrected chi connectivity index (χ0v) is 12.8. The summed E-state index contributed by atoms with van der Waals surface area (Å²) in [5.74, 6) is 0.0199. The van der Waals surface area contributed by atoms with E-state index in [1.165, 1.54) is 0 Å². The fourth-order valence-corrected chi connectivity index (χ4v) is 2.20. The quantitative estimate of drug-likeness (QED) is 0.794. The maximum Gasteiger partial charge on any atom is 0.410 e. The van der Waals surface area contributed by atoms with Gasteiger partial charge in [-0.2, -0.15) is 0 Å². The molecular weight excluding hydrogens is 275 g/mol. The molecule has 1 aromatic heterocycles. The summed E-state index contributed by atoms with van der Waals surface area (Å²) in [6.07, 6.45) is 1.99. The normalized spacial score (nSPS) is 19.6. The molecule has 7 heteroatoms. The van der Waals surface area contributed by atoms with E-state index in [0.717, 1.165) is 12.4 Å². The molecule has 1 aromatic rings. The van der Waals surface area contributed by atoms with Gasteiger partial charge < -0.3 is 14.5 Å². The van der Waals surface area contributed by atoms with Crippen LogP contribution >= 0.6 is 0 Å². The molecular formula is C14H21FN4O2. The Labute approximate surface area is 123 Å². The van der Waals surface area contributed by atoms with Gasteiger partial charge in [-0.25, -0.2) is 19.2 Å². The second-order valence-corrected chi connectivity index (χ2v) is 6.17. The van der Waals surface area contributed by atoms with Crippen LogP contribution < -0.4 is 4.90 Å². The fraction of sp³-hybridized carbons (Fsp3) is 0.643. The maximum absolute atomic E-state index is 12.9. The van der Waals surface area contributed by atoms with E-state index in [-0.39, 0.29) is 12.1 Å². The molecule has 0 N–H and O–H groups in total. The molecule has 1 unspecified atom stereocenters. The summed E-state index contributed by atoms with van der Waals surface area (Å²) in [6.45, 7) is 9.15. The molecule has 0 radical (unpaired) electrons. The summed E-state index contributed by atoms with van der Waals surface area (Å²) < 4.78 is 18.2. The van der Waals surface area contributed by atoms with Gasteiger partial charge in [0.05, 0.1) is 12.4 Å². The first-order chi connectivity index (χ1) is 9.76. The van der Waals surface area contributed by atoms with Crippen LogP contribution in [0.15, 0.2) is 12.4 Å². The van der Waals surface area contributed by atoms with Gasteiger partial charge in [-0.1, -0.05) is 0 Å². The van der Waals surface area contributed by atoms with Gasteiger partial charge in [0.1, 0.15) is 5.60 Å². The Morgan fingerprint density at radius 1 is 1.33 bits per heavy atom. The van der Waals surface area contributed by atoms with E-state index in [9.17, 15) is 9.18 Å². The summed E-state index contributed by atoms with van der Waals surface area (Å²) >= 11 is 0. The molecule has 2 heterocycles. The largest absolute Gasteiger partial charge is 0.444 e. The topological polar surface area (TPSA) is 58.6 Å². The van der Waals surface area contributed by atoms with E-state index < -0.39 is 11.4 Å². The predicted molar refractivity (Wildman–Crippen MR) is 76.6 cm³/mol. The first kappa shape index (κ1) is 15.5. The molecule has 1 aliphatic heterocycles. The number of anilines is 1. The van der Waals surface area contributed by atoms with Crippen LogP contribution in [-0.2, 0) is 4.74 Å². The van der Waals surface area contributed by atoms with Crippen LogP contribution in [0.25, 0.3) is 0 Å². The van der Waals surface area contributed by atoms with Gasteiger partial charge in [0, 0.05) is 25.7 Å². The van der Waals surface area contributed by atoms with Gasteiger partial charge >= 0.3 is 6.09 Å². The predicted octanol–water partition coefficient (Wildman–Crippen LogP) is 2.06. The Kier molecular flexibility index (Phi) is 4.29. The minimum absolute atomic E-state index is 0.0386. The first-order valence-electron chi connectivity index (χ1n) is 6.98. The summed E-state index contributed by atoms with van der Waals surface area (Å²) in [7, 11) is 0. The van der Waals surface area contributed by atoms with Crippen LogP contribution in [-0.4, -0.2) is 52.2 Å². The number of rotatable bonds is 1. The van der Waals surface area contributed by atoms with Crippen LogP contribution in [0, 0.1) is 5.82 Å². The zero-order valence-electron chi connectivity index (χ0n) is 12.8. The lowest BCUT2D eigenvalue weighted by Gasteiger charge is -2.40. The third kappa shape index (κ3) is 4.03. The van der Waals surface area contributed by atoms with Crippen molar-refractivity contribution in [2.45, 2.75) is 39.3 Å². The monoisotopic (exact) mass is 296 g/mol. The highest BCUT2D eigenvalue weighted by molar-refractivity contribution is 5.68. The van der Waals surface area contributed by atoms with E-state index in [4.69, 9.17) is 4.74 Å². The molecule has 0 saturated carbocycles. The van der Waals surface area contributed by atoms with Gasteiger partial charge in [-0.15, -0.1) is 0 Å². The number of carbonyl (C=O) groups excluding carboxylic acids is 1. The van der Waals surface area contributed by atoms with Crippen molar-refractivity contribution in [1.29, 1.82) is 0 Å². The van der Waals surface area contributed by atoms with E-state index in [1.807, 2.05) is 32.6 Å². The van der Waals surface area contributed by atoms with E-state index in [1.54, 1.807) is 4.90 Å². The Bertz CT molecular complexity index is 501. The molecule has 1 saturated heterocycles. The minimum Gasteiger partial charge on any atom is -0.444 e. The second-order valence-electron chi connectivity index (χ2n) is 6.17. The van der Waals surface area contributed by atoms with Crippen LogP contribution in [0.2, 0.25) is 0 Å². The van der Waals surface area contributed by atoms with E-state index >= 15 is 0 Å². The highest BCUT2D eigenvalue weighted by Gasteiger charge is 2.30. The number of halogens is 1. The van der Waals surface area contributed by atoms with E-state index in [2.05, 4.69) is 9.97 Å². The first-order valence-corrected chi connectivity index (χ1v) is 6.98. The minimum atomic E-state index is -0.502. The van der Waals surface area contributed by atoms with Crippen LogP contribution in [0.3, 0.4) is 0 Å². The number of amides is 1. The highest BCUT2D eigenvalue weighted by Crippen LogP contribution is 2.18. The molecule has 1 amide bonds. The second kappa shape index (κ2) is 5.83. The lowest BCUT2D eigenvalue weighted by molar-refractivity contribution is 0.0218. The molecule has 0 bridgehead atoms. The van der Waals surface area contributed by atoms with Gasteiger partial charge in [0.25, 0.3) is 0 Å². The smallest absolute Gasteiger partial charge is 0.410 e. The van der Waals surface area contributed by atoms with Crippen LogP contribution in [0.4, 0.5) is 15.1 Å². The van der Waals surface area contributed by atoms with Crippen molar-refractivity contribution in [2.24, 2.45) is 0 Å². The van der Waals surface area contributed by atoms with Gasteiger partial charge in [0.2, 0.25) is 5.95 Å². The summed E-state index contributed by atoms with van der Waals surface area (Å²) in [6, 6.07) is 0.0386. The van der Waals surface area contributed by atoms with Gasteiger partial charge in [-0.3, -0.25) is 0 Å². The number of aromatic nitrogens is 2. The standard InChI is InChI=1S/C14H21FN4O2/c1-10-9-18(13(20)21-14(2,3)4)5-6-19(10)12-16-7-11(15)8-17-12/h7-8,10H,5-6,9H2,1-4H3. The molecule has 21 heavy (non-hydrogen) atoms. The molecule has 1 fully saturated rings. The van der Waals surface area contributed by atoms with Crippen molar-refractivity contribution >= 4 is 12.0 Å². The summed E-state index contributed by atoms with van der Waals surface area (Å²) in [5, 5.41) is 0. The number of hydrogen-bond acceptors (Lipinski definition) is 5. The Balaban J connectivity index is 1.99. The average Bonchev–Trinajstić information content (AvgIpc) is 2.38. The van der Waals surface area contributed by atoms with Gasteiger partial charge in [0.15, 0.2) is 5.82 Å². The van der Waals surface area contributed by atoms with Crippen molar-refractivity contribution in [1.82, 2.24) is 14.9 Å². The fourth-order valence-electron chi connectivity index (χ4n) is 2.20. The van der Waals surface area contributed by atoms with Crippen molar-refractivity contribution in [3.05, 3.63) is 18.2 Å². The summed E-state index contributed by atoms with van der Waals surface area (Å²) in [5.41, 5.74) is -0.502. The van der Waals surface area contributed by atoms with Crippen LogP contribution in [0.1, 0.15) is 27.7 Å². The number of ether oxygens (including phenoxy) is 1. The Morgan fingerprint density at radius 3 is 2.48 bits per heavy atom. The molecule has 1 aliphatic rings. The van der Waals surface area contributed by atoms with Crippen molar-refractivity contribution < 1.29 is 13.9 Å². The SMILES string of the molecule is CC1CN(C(=O)OC(C)(C)C)CCN1c1ncc(F)cn1. The average molecular weight is 296 g/mol. The van der Waals surface area contributed by atoms with Crippen molar-refractivity contribution in [3.8, 4) is 0 Å². The number of carbonyl (C=O) groups is 1. The molecule has 116 valence electrons. The molecule has 0 aromatic carbocycles. The third-order valence-corrected chi connectivity index (χ3v) is 3.14. The molecule has 0 aliphatic carbocycles. The molecule has 6 nitrogen and oxygen atoms in total. The third-order valence-electron chi connectivity index (χ3n) is 3.14. The van der Waals surface area contributed by atoms with Crippen molar-refractivity contribution in [3.63, 3.8) is 0 Å². The van der Waals surface area contributed by atoms with Crippen molar-refractivity contribution in [2.75, 3.05) is 24.5 Å². The number of hydrogen-bond donors (Lipinski definition) is 0. The van der Waals surface area contributed by atoms with Gasteiger partial charge in [-0.05, 0) is 27.7 Å². The number of nitrogens with zero attached hydrogens (tertiary/aromatic N) is 4. The molecule has 0 spiro atoms. The highest BCUT2D eigenvalue weighted by atomic mass is 19.1.